The number of methoxy groups -OCH3 is 1. The quantitative estimate of drug-likeness (QED) is 0.396. The number of ether oxygens (including phenoxy) is 2. The number of rotatable bonds is 6. The lowest BCUT2D eigenvalue weighted by Gasteiger charge is -2.40. The van der Waals surface area contributed by atoms with E-state index >= 15 is 0 Å². The second-order valence-electron chi connectivity index (χ2n) is 10.2. The van der Waals surface area contributed by atoms with E-state index in [9.17, 15) is 23.2 Å². The second kappa shape index (κ2) is 12.2. The summed E-state index contributed by atoms with van der Waals surface area (Å²) in [5.41, 5.74) is 2.83. The highest BCUT2D eigenvalue weighted by Crippen LogP contribution is 2.43. The van der Waals surface area contributed by atoms with Crippen molar-refractivity contribution in [2.45, 2.75) is 44.4 Å². The number of nitrogens with one attached hydrogen (secondary N) is 1. The lowest BCUT2D eigenvalue weighted by molar-refractivity contribution is -0.137. The Kier molecular flexibility index (Phi) is 8.49. The summed E-state index contributed by atoms with van der Waals surface area (Å²) in [5, 5.41) is 12.6. The van der Waals surface area contributed by atoms with Gasteiger partial charge >= 0.3 is 12.3 Å². The molecule has 2 aromatic carbocycles. The molecule has 1 fully saturated rings. The number of carbonyl (C=O) groups excluding carboxylic acids is 1. The molecule has 0 spiro atoms. The average Bonchev–Trinajstić information content (AvgIpc) is 3.00. The monoisotopic (exact) mass is 580 g/mol. The molecule has 1 amide bonds. The van der Waals surface area contributed by atoms with Crippen LogP contribution in [0.4, 0.5) is 35.3 Å². The van der Waals surface area contributed by atoms with E-state index in [-0.39, 0.29) is 12.0 Å². The first kappa shape index (κ1) is 29.1. The van der Waals surface area contributed by atoms with E-state index in [4.69, 9.17) is 14.5 Å². The summed E-state index contributed by atoms with van der Waals surface area (Å²) < 4.78 is 51.7. The molecule has 0 saturated carbocycles. The standard InChI is InChI=1S/C30H31F3N6O3/c1-3-22-16-24(23-15-21(30(31,32)33)7-8-26(23)39(22)29(40)41-2)36-28-35-18-27(38-9-11-42-12-10-38)25(37-28)14-19-5-4-6-20(13-19)17-34/h4-8,13,15,18,22,24H,3,9-12,14,16H2,1-2H3,(H,35,36,37)/t22-,24+/m1/s1. The molecule has 0 aliphatic carbocycles. The van der Waals surface area contributed by atoms with E-state index in [0.29, 0.717) is 68.1 Å². The van der Waals surface area contributed by atoms with E-state index in [2.05, 4.69) is 21.3 Å². The fraction of sp³-hybridized carbons (Fsp3) is 0.400. The molecule has 0 unspecified atom stereocenters. The summed E-state index contributed by atoms with van der Waals surface area (Å²) in [4.78, 5) is 25.7. The molecule has 3 aromatic rings. The first-order valence-corrected chi connectivity index (χ1v) is 13.7. The van der Waals surface area contributed by atoms with Gasteiger partial charge in [-0.15, -0.1) is 0 Å². The van der Waals surface area contributed by atoms with Crippen LogP contribution in [0, 0.1) is 11.3 Å². The maximum atomic E-state index is 13.7. The largest absolute Gasteiger partial charge is 0.452 e. The van der Waals surface area contributed by atoms with Crippen LogP contribution in [0.25, 0.3) is 0 Å². The van der Waals surface area contributed by atoms with Crippen molar-refractivity contribution < 1.29 is 27.4 Å². The number of hydrogen-bond donors (Lipinski definition) is 1. The van der Waals surface area contributed by atoms with Gasteiger partial charge in [-0.1, -0.05) is 19.1 Å². The zero-order valence-corrected chi connectivity index (χ0v) is 23.3. The second-order valence-corrected chi connectivity index (χ2v) is 10.2. The van der Waals surface area contributed by atoms with Crippen molar-refractivity contribution in [2.75, 3.05) is 48.5 Å². The summed E-state index contributed by atoms with van der Waals surface area (Å²) in [6.07, 6.45) is -2.16. The van der Waals surface area contributed by atoms with Crippen LogP contribution >= 0.6 is 0 Å². The Morgan fingerprint density at radius 1 is 1.19 bits per heavy atom. The minimum absolute atomic E-state index is 0.258. The Labute approximate surface area is 241 Å². The van der Waals surface area contributed by atoms with Crippen molar-refractivity contribution in [1.82, 2.24) is 9.97 Å². The fourth-order valence-electron chi connectivity index (χ4n) is 5.54. The Bertz CT molecular complexity index is 1490. The molecular weight excluding hydrogens is 549 g/mol. The number of amides is 1. The van der Waals surface area contributed by atoms with E-state index < -0.39 is 23.9 Å². The molecule has 1 N–H and O–H groups in total. The molecule has 0 radical (unpaired) electrons. The number of aromatic nitrogens is 2. The van der Waals surface area contributed by atoms with E-state index in [1.54, 1.807) is 12.3 Å². The molecule has 2 aliphatic heterocycles. The van der Waals surface area contributed by atoms with E-state index in [1.807, 2.05) is 25.1 Å². The van der Waals surface area contributed by atoms with Crippen LogP contribution in [0.2, 0.25) is 0 Å². The average molecular weight is 581 g/mol. The van der Waals surface area contributed by atoms with Crippen molar-refractivity contribution in [3.8, 4) is 6.07 Å². The number of benzene rings is 2. The molecule has 220 valence electrons. The third kappa shape index (κ3) is 6.11. The highest BCUT2D eigenvalue weighted by molar-refractivity contribution is 5.90. The van der Waals surface area contributed by atoms with Crippen LogP contribution in [-0.2, 0) is 22.1 Å². The van der Waals surface area contributed by atoms with Gasteiger partial charge in [0.25, 0.3) is 0 Å². The number of anilines is 3. The van der Waals surface area contributed by atoms with Gasteiger partial charge in [0.1, 0.15) is 0 Å². The van der Waals surface area contributed by atoms with Crippen LogP contribution < -0.4 is 15.1 Å². The fourth-order valence-corrected chi connectivity index (χ4v) is 5.54. The number of nitrogens with zero attached hydrogens (tertiary/aromatic N) is 5. The predicted molar refractivity (Wildman–Crippen MR) is 150 cm³/mol. The van der Waals surface area contributed by atoms with Gasteiger partial charge in [0.2, 0.25) is 5.95 Å². The van der Waals surface area contributed by atoms with Gasteiger partial charge in [0, 0.05) is 25.6 Å². The number of hydrogen-bond acceptors (Lipinski definition) is 8. The van der Waals surface area contributed by atoms with Crippen LogP contribution in [-0.4, -0.2) is 55.5 Å². The van der Waals surface area contributed by atoms with Gasteiger partial charge in [0.05, 0.1) is 66.8 Å². The normalized spacial score (nSPS) is 18.7. The molecule has 3 heterocycles. The van der Waals surface area contributed by atoms with Crippen LogP contribution in [0.5, 0.6) is 0 Å². The molecule has 9 nitrogen and oxygen atoms in total. The lowest BCUT2D eigenvalue weighted by Crippen LogP contribution is -2.45. The highest BCUT2D eigenvalue weighted by atomic mass is 19.4. The topological polar surface area (TPSA) is 104 Å². The molecule has 12 heteroatoms. The molecule has 1 aromatic heterocycles. The minimum atomic E-state index is -4.56. The van der Waals surface area contributed by atoms with Crippen molar-refractivity contribution in [3.63, 3.8) is 0 Å². The highest BCUT2D eigenvalue weighted by Gasteiger charge is 2.39. The summed E-state index contributed by atoms with van der Waals surface area (Å²) in [5.74, 6) is 0.258. The minimum Gasteiger partial charge on any atom is -0.452 e. The summed E-state index contributed by atoms with van der Waals surface area (Å²) in [7, 11) is 1.25. The molecule has 0 bridgehead atoms. The van der Waals surface area contributed by atoms with Gasteiger partial charge in [0.15, 0.2) is 0 Å². The molecule has 2 aliphatic rings. The van der Waals surface area contributed by atoms with Crippen molar-refractivity contribution in [1.29, 1.82) is 5.26 Å². The first-order chi connectivity index (χ1) is 20.2. The third-order valence-electron chi connectivity index (χ3n) is 7.63. The smallest absolute Gasteiger partial charge is 0.416 e. The van der Waals surface area contributed by atoms with Crippen molar-refractivity contribution in [3.05, 3.63) is 76.6 Å². The molecule has 5 rings (SSSR count). The predicted octanol–water partition coefficient (Wildman–Crippen LogP) is 5.70. The van der Waals surface area contributed by atoms with Crippen molar-refractivity contribution >= 4 is 23.4 Å². The Morgan fingerprint density at radius 2 is 1.98 bits per heavy atom. The molecular formula is C30H31F3N6O3. The van der Waals surface area contributed by atoms with Gasteiger partial charge in [-0.3, -0.25) is 4.90 Å². The molecule has 1 saturated heterocycles. The lowest BCUT2D eigenvalue weighted by atomic mass is 9.89. The number of fused-ring (bicyclic) bond motifs is 1. The number of halogens is 3. The molecule has 2 atom stereocenters. The maximum absolute atomic E-state index is 13.7. The number of alkyl halides is 3. The van der Waals surface area contributed by atoms with Gasteiger partial charge < -0.3 is 19.7 Å². The summed E-state index contributed by atoms with van der Waals surface area (Å²) >= 11 is 0. The maximum Gasteiger partial charge on any atom is 0.416 e. The van der Waals surface area contributed by atoms with Gasteiger partial charge in [-0.2, -0.15) is 18.4 Å². The van der Waals surface area contributed by atoms with E-state index in [1.165, 1.54) is 18.1 Å². The summed E-state index contributed by atoms with van der Waals surface area (Å²) in [6.45, 7) is 4.38. The number of nitriles is 1. The number of morpholine rings is 1. The van der Waals surface area contributed by atoms with Crippen LogP contribution in [0.3, 0.4) is 0 Å². The zero-order chi connectivity index (χ0) is 29.9. The van der Waals surface area contributed by atoms with Crippen LogP contribution in [0.15, 0.2) is 48.7 Å². The Hall–Kier alpha value is -4.37. The zero-order valence-electron chi connectivity index (χ0n) is 23.3. The number of carbonyl (C=O) groups is 1. The van der Waals surface area contributed by atoms with Crippen LogP contribution in [0.1, 0.15) is 53.8 Å². The Balaban J connectivity index is 1.54. The van der Waals surface area contributed by atoms with Crippen molar-refractivity contribution in [2.24, 2.45) is 0 Å². The summed E-state index contributed by atoms with van der Waals surface area (Å²) in [6, 6.07) is 11.9. The Morgan fingerprint density at radius 3 is 2.67 bits per heavy atom. The van der Waals surface area contributed by atoms with E-state index in [0.717, 1.165) is 23.4 Å². The van der Waals surface area contributed by atoms with Gasteiger partial charge in [-0.25, -0.2) is 14.8 Å². The van der Waals surface area contributed by atoms with Gasteiger partial charge in [-0.05, 0) is 54.3 Å². The first-order valence-electron chi connectivity index (χ1n) is 13.7. The molecule has 42 heavy (non-hydrogen) atoms. The third-order valence-corrected chi connectivity index (χ3v) is 7.63. The SMILES string of the molecule is CC[C@@H]1C[C@H](Nc2ncc(N3CCOCC3)c(Cc3cccc(C#N)c3)n2)c2cc(C(F)(F)F)ccc2N1C(=O)OC.